The zero-order valence-electron chi connectivity index (χ0n) is 27.3. The third-order valence-corrected chi connectivity index (χ3v) is 7.09. The number of ether oxygens (including phenoxy) is 2. The van der Waals surface area contributed by atoms with Gasteiger partial charge in [-0.15, -0.1) is 12.3 Å². The number of hydrogen-bond acceptors (Lipinski definition) is 5. The van der Waals surface area contributed by atoms with Crippen molar-refractivity contribution in [2.75, 3.05) is 25.5 Å². The van der Waals surface area contributed by atoms with E-state index in [1.807, 2.05) is 55.5 Å². The lowest BCUT2D eigenvalue weighted by Crippen LogP contribution is -2.19. The van der Waals surface area contributed by atoms with E-state index in [2.05, 4.69) is 72.2 Å². The highest BCUT2D eigenvalue weighted by Gasteiger charge is 2.25. The minimum absolute atomic E-state index is 0.676. The van der Waals surface area contributed by atoms with Crippen LogP contribution in [0.25, 0.3) is 0 Å². The molecular formula is C37H48N5O2+. The number of nitrogens with zero attached hydrogens (tertiary/aromatic N) is 4. The molecule has 2 aromatic carbocycles. The standard InChI is InChI=1S/C33H42N5O2.C4H6/c1-6-8-10-19-34-33(31-25(3)13-15-29(32(31)39-5)37-20-11-9-12-21-37)36-27-14-16-30(26(4)24-27)40-28-17-22-38(23-18-28)35-7-2;1-3-4-2/h7,10,13-20,22,24H,6,8-9,11-12,21,23H2,1-5H3,(H,34,36);1H,4H2,2H3/q+1;/b19-10+,35-7-;. The second-order valence-electron chi connectivity index (χ2n) is 10.5. The second-order valence-corrected chi connectivity index (χ2v) is 10.5. The van der Waals surface area contributed by atoms with Gasteiger partial charge < -0.3 is 14.8 Å². The number of hydrogen-bond donors (Lipinski definition) is 1. The maximum absolute atomic E-state index is 6.19. The second kappa shape index (κ2) is 18.2. The zero-order valence-corrected chi connectivity index (χ0v) is 27.3. The van der Waals surface area contributed by atoms with Crippen LogP contribution in [0.3, 0.4) is 0 Å². The van der Waals surface area contributed by atoms with Gasteiger partial charge >= 0.3 is 0 Å². The largest absolute Gasteiger partial charge is 0.490 e. The van der Waals surface area contributed by atoms with Gasteiger partial charge in [-0.1, -0.05) is 32.4 Å². The molecule has 2 aliphatic heterocycles. The molecule has 0 aliphatic carbocycles. The third-order valence-electron chi connectivity index (χ3n) is 7.09. The van der Waals surface area contributed by atoms with E-state index in [0.717, 1.165) is 83.4 Å². The number of terminal acetylenes is 1. The maximum Gasteiger partial charge on any atom is 0.248 e. The topological polar surface area (TPSA) is 61.5 Å². The zero-order chi connectivity index (χ0) is 31.7. The number of benzene rings is 2. The molecule has 4 rings (SSSR count). The number of nitrogens with one attached hydrogen (secondary N) is 1. The number of hydrazone groups is 1. The summed E-state index contributed by atoms with van der Waals surface area (Å²) in [7, 11) is 1.74. The SMILES string of the molecule is C#CCC.C/C=N\N1C=CC(Oc2ccc(NC(=N/C=C/CCC)c3c(C)ccc([N+]4=CCCCC4)c3OC)cc2C)=CC1. The molecule has 2 heterocycles. The van der Waals surface area contributed by atoms with Gasteiger partial charge in [-0.25, -0.2) is 4.99 Å². The molecule has 0 unspecified atom stereocenters. The van der Waals surface area contributed by atoms with Crippen molar-refractivity contribution in [3.8, 4) is 23.8 Å². The van der Waals surface area contributed by atoms with E-state index in [1.165, 1.54) is 12.8 Å². The fourth-order valence-electron chi connectivity index (χ4n) is 4.80. The molecule has 0 saturated heterocycles. The van der Waals surface area contributed by atoms with Crippen molar-refractivity contribution in [1.29, 1.82) is 0 Å². The van der Waals surface area contributed by atoms with E-state index in [9.17, 15) is 0 Å². The lowest BCUT2D eigenvalue weighted by atomic mass is 10.0. The van der Waals surface area contributed by atoms with Crippen LogP contribution in [0.15, 0.2) is 76.8 Å². The Kier molecular flexibility index (Phi) is 14.0. The van der Waals surface area contributed by atoms with Crippen molar-refractivity contribution in [3.63, 3.8) is 0 Å². The van der Waals surface area contributed by atoms with E-state index in [4.69, 9.17) is 20.9 Å². The first-order valence-corrected chi connectivity index (χ1v) is 15.6. The van der Waals surface area contributed by atoms with Crippen LogP contribution in [0, 0.1) is 26.2 Å². The van der Waals surface area contributed by atoms with E-state index in [0.29, 0.717) is 6.54 Å². The van der Waals surface area contributed by atoms with Gasteiger partial charge in [-0.3, -0.25) is 5.01 Å². The molecule has 0 saturated carbocycles. The molecule has 0 radical (unpaired) electrons. The molecule has 7 nitrogen and oxygen atoms in total. The van der Waals surface area contributed by atoms with Crippen LogP contribution in [0.1, 0.15) is 76.0 Å². The first kappa shape index (κ1) is 33.9. The number of amidine groups is 1. The van der Waals surface area contributed by atoms with Gasteiger partial charge in [0.05, 0.1) is 19.2 Å². The highest BCUT2D eigenvalue weighted by Crippen LogP contribution is 2.35. The van der Waals surface area contributed by atoms with Crippen LogP contribution in [0.2, 0.25) is 0 Å². The molecule has 0 spiro atoms. The van der Waals surface area contributed by atoms with Crippen LogP contribution >= 0.6 is 0 Å². The van der Waals surface area contributed by atoms with E-state index in [-0.39, 0.29) is 0 Å². The molecule has 7 heteroatoms. The van der Waals surface area contributed by atoms with Crippen molar-refractivity contribution in [3.05, 3.63) is 83.4 Å². The van der Waals surface area contributed by atoms with Crippen LogP contribution in [-0.2, 0) is 0 Å². The molecule has 232 valence electrons. The Bertz CT molecular complexity index is 1470. The fraction of sp³-hybridized carbons (Fsp3) is 0.378. The summed E-state index contributed by atoms with van der Waals surface area (Å²) in [6, 6.07) is 10.4. The monoisotopic (exact) mass is 594 g/mol. The predicted molar refractivity (Wildman–Crippen MR) is 186 cm³/mol. The minimum Gasteiger partial charge on any atom is -0.490 e. The lowest BCUT2D eigenvalue weighted by Gasteiger charge is -2.19. The molecule has 0 atom stereocenters. The van der Waals surface area contributed by atoms with Crippen molar-refractivity contribution < 1.29 is 14.0 Å². The van der Waals surface area contributed by atoms with Crippen molar-refractivity contribution in [1.82, 2.24) is 5.01 Å². The Labute approximate surface area is 264 Å². The van der Waals surface area contributed by atoms with Crippen LogP contribution in [-0.4, -0.2) is 48.0 Å². The highest BCUT2D eigenvalue weighted by molar-refractivity contribution is 6.12. The first-order valence-electron chi connectivity index (χ1n) is 15.6. The average molecular weight is 595 g/mol. The van der Waals surface area contributed by atoms with Gasteiger partial charge in [0.2, 0.25) is 11.4 Å². The van der Waals surface area contributed by atoms with Gasteiger partial charge in [0.1, 0.15) is 30.1 Å². The lowest BCUT2D eigenvalue weighted by molar-refractivity contribution is -0.442. The van der Waals surface area contributed by atoms with Gasteiger partial charge in [-0.05, 0) is 75.1 Å². The molecule has 0 fully saturated rings. The van der Waals surface area contributed by atoms with Crippen molar-refractivity contribution >= 4 is 29.6 Å². The van der Waals surface area contributed by atoms with E-state index in [1.54, 1.807) is 13.3 Å². The number of rotatable bonds is 10. The molecule has 44 heavy (non-hydrogen) atoms. The first-order chi connectivity index (χ1) is 21.4. The highest BCUT2D eigenvalue weighted by atomic mass is 16.5. The average Bonchev–Trinajstić information content (AvgIpc) is 3.05. The van der Waals surface area contributed by atoms with Crippen LogP contribution in [0.5, 0.6) is 11.5 Å². The van der Waals surface area contributed by atoms with Crippen molar-refractivity contribution in [2.45, 2.75) is 73.1 Å². The number of aryl methyl sites for hydroxylation is 2. The normalized spacial score (nSPS) is 14.9. The summed E-state index contributed by atoms with van der Waals surface area (Å²) in [5, 5.41) is 9.72. The summed E-state index contributed by atoms with van der Waals surface area (Å²) >= 11 is 0. The van der Waals surface area contributed by atoms with Gasteiger partial charge in [0, 0.05) is 49.6 Å². The van der Waals surface area contributed by atoms with Crippen molar-refractivity contribution in [2.24, 2.45) is 10.1 Å². The maximum atomic E-state index is 6.19. The molecular weight excluding hydrogens is 546 g/mol. The number of allylic oxidation sites excluding steroid dienone is 2. The van der Waals surface area contributed by atoms with Gasteiger partial charge in [0.15, 0.2) is 0 Å². The molecule has 0 aromatic heterocycles. The minimum atomic E-state index is 0.676. The van der Waals surface area contributed by atoms with Gasteiger partial charge in [0.25, 0.3) is 0 Å². The number of aliphatic imine (C=N–C) groups is 1. The molecule has 1 N–H and O–H groups in total. The molecule has 0 bridgehead atoms. The fourth-order valence-corrected chi connectivity index (χ4v) is 4.80. The molecule has 0 amide bonds. The molecule has 2 aliphatic rings. The Morgan fingerprint density at radius 2 is 1.98 bits per heavy atom. The quantitative estimate of drug-likeness (QED) is 0.130. The Hall–Kier alpha value is -4.57. The number of methoxy groups -OCH3 is 1. The summed E-state index contributed by atoms with van der Waals surface area (Å²) in [6.07, 6.45) is 25.1. The summed E-state index contributed by atoms with van der Waals surface area (Å²) in [5.41, 5.74) is 5.10. The third kappa shape index (κ3) is 9.74. The summed E-state index contributed by atoms with van der Waals surface area (Å²) in [4.78, 5) is 4.90. The summed E-state index contributed by atoms with van der Waals surface area (Å²) in [5.74, 6) is 5.64. The Morgan fingerprint density at radius 1 is 1.16 bits per heavy atom. The summed E-state index contributed by atoms with van der Waals surface area (Å²) < 4.78 is 14.6. The molecule has 2 aromatic rings. The predicted octanol–water partition coefficient (Wildman–Crippen LogP) is 8.51. The summed E-state index contributed by atoms with van der Waals surface area (Å²) in [6.45, 7) is 11.8. The Morgan fingerprint density at radius 3 is 2.59 bits per heavy atom. The van der Waals surface area contributed by atoms with Crippen LogP contribution < -0.4 is 14.8 Å². The smallest absolute Gasteiger partial charge is 0.248 e. The number of anilines is 1. The van der Waals surface area contributed by atoms with Gasteiger partial charge in [-0.2, -0.15) is 9.68 Å². The Balaban J connectivity index is 0.00000124. The van der Waals surface area contributed by atoms with E-state index >= 15 is 0 Å². The number of unbranched alkanes of at least 4 members (excludes halogenated alkanes) is 1. The van der Waals surface area contributed by atoms with Crippen LogP contribution in [0.4, 0.5) is 11.4 Å². The van der Waals surface area contributed by atoms with E-state index < -0.39 is 0 Å².